The molecule has 2 aliphatic rings. The molecule has 1 aliphatic carbocycles. The van der Waals surface area contributed by atoms with Crippen LogP contribution in [0.4, 0.5) is 0 Å². The first kappa shape index (κ1) is 17.5. The van der Waals surface area contributed by atoms with Crippen LogP contribution in [0.25, 0.3) is 10.9 Å². The summed E-state index contributed by atoms with van der Waals surface area (Å²) >= 11 is 0. The van der Waals surface area contributed by atoms with Gasteiger partial charge in [0.25, 0.3) is 5.91 Å². The van der Waals surface area contributed by atoms with Crippen LogP contribution in [0.5, 0.6) is 0 Å². The Labute approximate surface area is 155 Å². The zero-order valence-electron chi connectivity index (χ0n) is 15.8. The molecule has 1 unspecified atom stereocenters. The summed E-state index contributed by atoms with van der Waals surface area (Å²) in [7, 11) is 0. The van der Waals surface area contributed by atoms with E-state index >= 15 is 0 Å². The van der Waals surface area contributed by atoms with Crippen LogP contribution in [0, 0.1) is 5.92 Å². The molecule has 2 N–H and O–H groups in total. The van der Waals surface area contributed by atoms with E-state index in [9.17, 15) is 4.79 Å². The number of amides is 1. The molecule has 2 fully saturated rings. The normalized spacial score (nSPS) is 24.5. The van der Waals surface area contributed by atoms with Crippen LogP contribution in [0.1, 0.15) is 62.4 Å². The van der Waals surface area contributed by atoms with Gasteiger partial charge in [-0.2, -0.15) is 0 Å². The lowest BCUT2D eigenvalue weighted by Gasteiger charge is -2.26. The van der Waals surface area contributed by atoms with Crippen molar-refractivity contribution in [2.24, 2.45) is 5.92 Å². The van der Waals surface area contributed by atoms with E-state index in [2.05, 4.69) is 27.1 Å². The molecule has 2 aromatic heterocycles. The molecule has 26 heavy (non-hydrogen) atoms. The van der Waals surface area contributed by atoms with E-state index in [1.165, 1.54) is 38.5 Å². The number of hydrogen-bond donors (Lipinski definition) is 2. The third-order valence-corrected chi connectivity index (χ3v) is 6.22. The number of hydrogen-bond acceptors (Lipinski definition) is 3. The predicted molar refractivity (Wildman–Crippen MR) is 104 cm³/mol. The third-order valence-electron chi connectivity index (χ3n) is 6.22. The van der Waals surface area contributed by atoms with Gasteiger partial charge in [-0.25, -0.2) is 0 Å². The second kappa shape index (κ2) is 7.39. The van der Waals surface area contributed by atoms with E-state index < -0.39 is 0 Å². The Kier molecular flexibility index (Phi) is 4.98. The van der Waals surface area contributed by atoms with Crippen molar-refractivity contribution < 1.29 is 4.79 Å². The van der Waals surface area contributed by atoms with E-state index in [1.807, 2.05) is 18.3 Å². The topological polar surface area (TPSA) is 61.0 Å². The second-order valence-electron chi connectivity index (χ2n) is 8.43. The SMILES string of the molecule is CC1(NC(=O)c2nccc3[nH]ccc23)CCN(CCCC2CCCC2)C1. The van der Waals surface area contributed by atoms with Gasteiger partial charge in [-0.1, -0.05) is 25.7 Å². The highest BCUT2D eigenvalue weighted by Gasteiger charge is 2.35. The number of rotatable bonds is 6. The number of nitrogens with zero attached hydrogens (tertiary/aromatic N) is 2. The van der Waals surface area contributed by atoms with E-state index in [1.54, 1.807) is 6.20 Å². The lowest BCUT2D eigenvalue weighted by Crippen LogP contribution is -2.48. The van der Waals surface area contributed by atoms with Crippen molar-refractivity contribution in [2.45, 2.75) is 57.4 Å². The number of aromatic nitrogens is 2. The van der Waals surface area contributed by atoms with Gasteiger partial charge in [-0.15, -0.1) is 0 Å². The molecule has 0 spiro atoms. The Hall–Kier alpha value is -1.88. The van der Waals surface area contributed by atoms with Gasteiger partial charge < -0.3 is 15.2 Å². The zero-order valence-corrected chi connectivity index (χ0v) is 15.8. The Morgan fingerprint density at radius 3 is 3.08 bits per heavy atom. The lowest BCUT2D eigenvalue weighted by molar-refractivity contribution is 0.0904. The van der Waals surface area contributed by atoms with Gasteiger partial charge in [0, 0.05) is 36.4 Å². The summed E-state index contributed by atoms with van der Waals surface area (Å²) in [6, 6.07) is 3.82. The first-order valence-electron chi connectivity index (χ1n) is 10.1. The monoisotopic (exact) mass is 354 g/mol. The molecule has 1 saturated carbocycles. The van der Waals surface area contributed by atoms with E-state index in [-0.39, 0.29) is 11.4 Å². The number of H-pyrrole nitrogens is 1. The van der Waals surface area contributed by atoms with Crippen LogP contribution in [0.2, 0.25) is 0 Å². The predicted octanol–water partition coefficient (Wildman–Crippen LogP) is 3.73. The molecule has 5 heteroatoms. The Balaban J connectivity index is 1.31. The summed E-state index contributed by atoms with van der Waals surface area (Å²) in [5.74, 6) is 0.905. The van der Waals surface area contributed by atoms with Crippen molar-refractivity contribution in [1.29, 1.82) is 0 Å². The first-order chi connectivity index (χ1) is 12.6. The molecular weight excluding hydrogens is 324 g/mol. The molecule has 1 saturated heterocycles. The minimum atomic E-state index is -0.162. The average molecular weight is 354 g/mol. The number of pyridine rings is 1. The minimum Gasteiger partial charge on any atom is -0.361 e. The number of likely N-dealkylation sites (tertiary alicyclic amines) is 1. The van der Waals surface area contributed by atoms with Gasteiger partial charge in [0.15, 0.2) is 0 Å². The standard InChI is InChI=1S/C21H30N4O/c1-21(10-14-25(15-21)13-4-7-16-5-2-3-6-16)24-20(26)19-17-8-11-22-18(17)9-12-23-19/h8-9,11-12,16,22H,2-7,10,13-15H2,1H3,(H,24,26). The van der Waals surface area contributed by atoms with Crippen LogP contribution >= 0.6 is 0 Å². The van der Waals surface area contributed by atoms with Crippen molar-refractivity contribution >= 4 is 16.8 Å². The Bertz CT molecular complexity index is 764. The van der Waals surface area contributed by atoms with Gasteiger partial charge in [-0.3, -0.25) is 9.78 Å². The van der Waals surface area contributed by atoms with Crippen LogP contribution in [-0.2, 0) is 0 Å². The number of aromatic amines is 1. The summed E-state index contributed by atoms with van der Waals surface area (Å²) in [6.07, 6.45) is 13.0. The number of carbonyl (C=O) groups is 1. The maximum atomic E-state index is 12.8. The van der Waals surface area contributed by atoms with Gasteiger partial charge in [0.2, 0.25) is 0 Å². The van der Waals surface area contributed by atoms with Crippen molar-refractivity contribution in [2.75, 3.05) is 19.6 Å². The largest absolute Gasteiger partial charge is 0.361 e. The highest BCUT2D eigenvalue weighted by atomic mass is 16.2. The fraction of sp³-hybridized carbons (Fsp3) is 0.619. The molecule has 5 nitrogen and oxygen atoms in total. The van der Waals surface area contributed by atoms with Crippen LogP contribution in [0.15, 0.2) is 24.5 Å². The maximum absolute atomic E-state index is 12.8. The molecule has 140 valence electrons. The molecule has 0 radical (unpaired) electrons. The number of nitrogens with one attached hydrogen (secondary N) is 2. The highest BCUT2D eigenvalue weighted by molar-refractivity contribution is 6.04. The lowest BCUT2D eigenvalue weighted by atomic mass is 10.0. The van der Waals surface area contributed by atoms with E-state index in [0.29, 0.717) is 5.69 Å². The average Bonchev–Trinajstić information content (AvgIpc) is 3.35. The quantitative estimate of drug-likeness (QED) is 0.831. The first-order valence-corrected chi connectivity index (χ1v) is 10.1. The molecule has 1 amide bonds. The summed E-state index contributed by atoms with van der Waals surface area (Å²) in [4.78, 5) is 22.8. The highest BCUT2D eigenvalue weighted by Crippen LogP contribution is 2.29. The summed E-state index contributed by atoms with van der Waals surface area (Å²) in [5, 5.41) is 4.15. The number of fused-ring (bicyclic) bond motifs is 1. The van der Waals surface area contributed by atoms with Crippen molar-refractivity contribution in [3.05, 3.63) is 30.2 Å². The van der Waals surface area contributed by atoms with Gasteiger partial charge >= 0.3 is 0 Å². The summed E-state index contributed by atoms with van der Waals surface area (Å²) < 4.78 is 0. The molecule has 0 bridgehead atoms. The minimum absolute atomic E-state index is 0.0643. The summed E-state index contributed by atoms with van der Waals surface area (Å²) in [6.45, 7) is 5.34. The van der Waals surface area contributed by atoms with Crippen LogP contribution in [-0.4, -0.2) is 45.9 Å². The molecule has 0 aromatic carbocycles. The zero-order chi connectivity index (χ0) is 18.0. The third kappa shape index (κ3) is 3.78. The molecule has 3 heterocycles. The van der Waals surface area contributed by atoms with Crippen molar-refractivity contribution in [3.8, 4) is 0 Å². The van der Waals surface area contributed by atoms with E-state index in [0.717, 1.165) is 42.9 Å². The molecule has 4 rings (SSSR count). The molecular formula is C21H30N4O. The van der Waals surface area contributed by atoms with Gasteiger partial charge in [0.05, 0.1) is 5.54 Å². The molecule has 1 atom stereocenters. The smallest absolute Gasteiger partial charge is 0.271 e. The Morgan fingerprint density at radius 2 is 2.23 bits per heavy atom. The van der Waals surface area contributed by atoms with Crippen LogP contribution in [0.3, 0.4) is 0 Å². The van der Waals surface area contributed by atoms with Gasteiger partial charge in [0.1, 0.15) is 5.69 Å². The van der Waals surface area contributed by atoms with Crippen molar-refractivity contribution in [3.63, 3.8) is 0 Å². The van der Waals surface area contributed by atoms with Crippen molar-refractivity contribution in [1.82, 2.24) is 20.2 Å². The molecule has 1 aliphatic heterocycles. The fourth-order valence-corrected chi connectivity index (χ4v) is 4.75. The maximum Gasteiger partial charge on any atom is 0.271 e. The second-order valence-corrected chi connectivity index (χ2v) is 8.43. The summed E-state index contributed by atoms with van der Waals surface area (Å²) in [5.41, 5.74) is 1.31. The van der Waals surface area contributed by atoms with E-state index in [4.69, 9.17) is 0 Å². The fourth-order valence-electron chi connectivity index (χ4n) is 4.75. The van der Waals surface area contributed by atoms with Crippen LogP contribution < -0.4 is 5.32 Å². The number of carbonyl (C=O) groups excluding carboxylic acids is 1. The Morgan fingerprint density at radius 1 is 1.38 bits per heavy atom. The van der Waals surface area contributed by atoms with Gasteiger partial charge in [-0.05, 0) is 50.8 Å². The molecule has 2 aromatic rings.